The minimum absolute atomic E-state index is 0.0760. The first-order chi connectivity index (χ1) is 15.2. The zero-order chi connectivity index (χ0) is 21.2. The molecule has 0 radical (unpaired) electrons. The van der Waals surface area contributed by atoms with Crippen LogP contribution in [0, 0.1) is 0 Å². The maximum absolute atomic E-state index is 13.3. The highest BCUT2D eigenvalue weighted by molar-refractivity contribution is 5.80. The minimum Gasteiger partial charge on any atom is -0.497 e. The molecule has 1 aromatic carbocycles. The number of pyridine rings is 1. The number of aromatic amines is 1. The third-order valence-electron chi connectivity index (χ3n) is 6.81. The van der Waals surface area contributed by atoms with Crippen molar-refractivity contribution in [3.8, 4) is 5.75 Å². The summed E-state index contributed by atoms with van der Waals surface area (Å²) in [6.45, 7) is 1.88. The van der Waals surface area contributed by atoms with Gasteiger partial charge >= 0.3 is 0 Å². The summed E-state index contributed by atoms with van der Waals surface area (Å²) in [6.07, 6.45) is 9.29. The van der Waals surface area contributed by atoms with Crippen LogP contribution in [-0.4, -0.2) is 50.3 Å². The van der Waals surface area contributed by atoms with Crippen LogP contribution >= 0.6 is 0 Å². The molecular formula is C23H30N6O2. The van der Waals surface area contributed by atoms with Crippen molar-refractivity contribution < 1.29 is 4.74 Å². The van der Waals surface area contributed by atoms with Crippen LogP contribution in [0.2, 0.25) is 0 Å². The number of H-pyrrole nitrogens is 1. The standard InChI is InChI=1S/C23H30N6O2/c1-31-18-10-11-20-16(14-18)15-19(23(30)24-20)21(28-12-6-2-3-7-13-28)22-25-26-27-29(22)17-8-4-5-9-17/h10-11,14-15,17,21H,2-9,12-13H2,1H3,(H,24,30). The number of benzene rings is 1. The largest absolute Gasteiger partial charge is 0.497 e. The van der Waals surface area contributed by atoms with Crippen LogP contribution in [0.4, 0.5) is 0 Å². The third-order valence-corrected chi connectivity index (χ3v) is 6.81. The molecule has 8 nitrogen and oxygen atoms in total. The number of hydrogen-bond donors (Lipinski definition) is 1. The summed E-state index contributed by atoms with van der Waals surface area (Å²) in [5, 5.41) is 13.9. The van der Waals surface area contributed by atoms with Crippen molar-refractivity contribution in [2.45, 2.75) is 63.5 Å². The maximum atomic E-state index is 13.3. The van der Waals surface area contributed by atoms with Crippen LogP contribution in [0.25, 0.3) is 10.9 Å². The van der Waals surface area contributed by atoms with Gasteiger partial charge in [-0.05, 0) is 73.5 Å². The molecule has 1 aliphatic carbocycles. The smallest absolute Gasteiger partial charge is 0.253 e. The number of nitrogens with one attached hydrogen (secondary N) is 1. The van der Waals surface area contributed by atoms with Crippen molar-refractivity contribution in [1.82, 2.24) is 30.1 Å². The van der Waals surface area contributed by atoms with E-state index >= 15 is 0 Å². The first-order valence-corrected chi connectivity index (χ1v) is 11.5. The van der Waals surface area contributed by atoms with Gasteiger partial charge in [-0.3, -0.25) is 9.69 Å². The highest BCUT2D eigenvalue weighted by Gasteiger charge is 2.33. The van der Waals surface area contributed by atoms with Crippen LogP contribution in [0.15, 0.2) is 29.1 Å². The Bertz CT molecular complexity index is 1090. The van der Waals surface area contributed by atoms with Crippen molar-refractivity contribution in [2.75, 3.05) is 20.2 Å². The Morgan fingerprint density at radius 1 is 1.06 bits per heavy atom. The number of methoxy groups -OCH3 is 1. The van der Waals surface area contributed by atoms with E-state index in [0.717, 1.165) is 61.2 Å². The van der Waals surface area contributed by atoms with Crippen molar-refractivity contribution >= 4 is 10.9 Å². The fourth-order valence-electron chi connectivity index (χ4n) is 5.17. The number of ether oxygens (including phenoxy) is 1. The van der Waals surface area contributed by atoms with Gasteiger partial charge in [-0.25, -0.2) is 4.68 Å². The summed E-state index contributed by atoms with van der Waals surface area (Å²) in [6, 6.07) is 7.79. The van der Waals surface area contributed by atoms with E-state index in [9.17, 15) is 4.79 Å². The zero-order valence-electron chi connectivity index (χ0n) is 18.1. The van der Waals surface area contributed by atoms with E-state index in [1.165, 1.54) is 25.7 Å². The summed E-state index contributed by atoms with van der Waals surface area (Å²) in [4.78, 5) is 18.8. The Balaban J connectivity index is 1.65. The van der Waals surface area contributed by atoms with E-state index in [1.54, 1.807) is 7.11 Å². The number of tetrazole rings is 1. The van der Waals surface area contributed by atoms with E-state index in [1.807, 2.05) is 28.9 Å². The van der Waals surface area contributed by atoms with Crippen LogP contribution in [0.5, 0.6) is 5.75 Å². The second-order valence-corrected chi connectivity index (χ2v) is 8.78. The molecule has 2 aliphatic rings. The normalized spacial score (nSPS) is 19.5. The molecule has 1 saturated carbocycles. The molecule has 3 heterocycles. The molecule has 164 valence electrons. The van der Waals surface area contributed by atoms with Crippen molar-refractivity contribution in [2.24, 2.45) is 0 Å². The van der Waals surface area contributed by atoms with Gasteiger partial charge in [0.05, 0.1) is 13.2 Å². The number of aromatic nitrogens is 5. The van der Waals surface area contributed by atoms with Gasteiger partial charge < -0.3 is 9.72 Å². The van der Waals surface area contributed by atoms with E-state index in [2.05, 4.69) is 25.4 Å². The Kier molecular flexibility index (Phi) is 5.72. The predicted molar refractivity (Wildman–Crippen MR) is 118 cm³/mol. The molecule has 2 fully saturated rings. The lowest BCUT2D eigenvalue weighted by molar-refractivity contribution is 0.216. The molecule has 3 aromatic rings. The summed E-state index contributed by atoms with van der Waals surface area (Å²) in [5.41, 5.74) is 1.43. The van der Waals surface area contributed by atoms with Gasteiger partial charge in [0.2, 0.25) is 0 Å². The second-order valence-electron chi connectivity index (χ2n) is 8.78. The average Bonchev–Trinajstić information content (AvgIpc) is 3.41. The fraction of sp³-hybridized carbons (Fsp3) is 0.565. The Morgan fingerprint density at radius 3 is 2.58 bits per heavy atom. The van der Waals surface area contributed by atoms with Crippen LogP contribution in [0.1, 0.15) is 74.8 Å². The lowest BCUT2D eigenvalue weighted by Gasteiger charge is -2.30. The molecule has 1 aliphatic heterocycles. The van der Waals surface area contributed by atoms with Gasteiger partial charge in [0, 0.05) is 16.5 Å². The molecule has 5 rings (SSSR count). The topological polar surface area (TPSA) is 88.9 Å². The van der Waals surface area contributed by atoms with Crippen molar-refractivity contribution in [1.29, 1.82) is 0 Å². The monoisotopic (exact) mass is 422 g/mol. The van der Waals surface area contributed by atoms with Gasteiger partial charge in [-0.1, -0.05) is 25.7 Å². The van der Waals surface area contributed by atoms with Crippen LogP contribution in [-0.2, 0) is 0 Å². The molecule has 1 unspecified atom stereocenters. The van der Waals surface area contributed by atoms with Crippen molar-refractivity contribution in [3.63, 3.8) is 0 Å². The van der Waals surface area contributed by atoms with Crippen LogP contribution in [0.3, 0.4) is 0 Å². The average molecular weight is 423 g/mol. The summed E-state index contributed by atoms with van der Waals surface area (Å²) < 4.78 is 7.40. The second kappa shape index (κ2) is 8.78. The van der Waals surface area contributed by atoms with E-state index < -0.39 is 0 Å². The molecule has 31 heavy (non-hydrogen) atoms. The predicted octanol–water partition coefficient (Wildman–Crippen LogP) is 3.60. The van der Waals surface area contributed by atoms with E-state index in [0.29, 0.717) is 11.6 Å². The van der Waals surface area contributed by atoms with Crippen LogP contribution < -0.4 is 10.3 Å². The number of fused-ring (bicyclic) bond motifs is 1. The minimum atomic E-state index is -0.256. The number of nitrogens with zero attached hydrogens (tertiary/aromatic N) is 5. The molecule has 1 N–H and O–H groups in total. The third kappa shape index (κ3) is 3.96. The first-order valence-electron chi connectivity index (χ1n) is 11.5. The molecule has 0 spiro atoms. The number of rotatable bonds is 5. The molecule has 8 heteroatoms. The molecule has 0 bridgehead atoms. The lowest BCUT2D eigenvalue weighted by Crippen LogP contribution is -2.36. The summed E-state index contributed by atoms with van der Waals surface area (Å²) in [5.74, 6) is 1.56. The fourth-order valence-corrected chi connectivity index (χ4v) is 5.17. The SMILES string of the molecule is COc1ccc2[nH]c(=O)c(C(c3nnnn3C3CCCC3)N3CCCCCC3)cc2c1. The highest BCUT2D eigenvalue weighted by atomic mass is 16.5. The maximum Gasteiger partial charge on any atom is 0.253 e. The van der Waals surface area contributed by atoms with Gasteiger partial charge in [-0.2, -0.15) is 0 Å². The number of hydrogen-bond acceptors (Lipinski definition) is 6. The van der Waals surface area contributed by atoms with Gasteiger partial charge in [-0.15, -0.1) is 5.10 Å². The summed E-state index contributed by atoms with van der Waals surface area (Å²) >= 11 is 0. The number of likely N-dealkylation sites (tertiary alicyclic amines) is 1. The molecular weight excluding hydrogens is 392 g/mol. The zero-order valence-corrected chi connectivity index (χ0v) is 18.1. The van der Waals surface area contributed by atoms with E-state index in [4.69, 9.17) is 4.74 Å². The quantitative estimate of drug-likeness (QED) is 0.676. The highest BCUT2D eigenvalue weighted by Crippen LogP contribution is 2.34. The Hall–Kier alpha value is -2.74. The summed E-state index contributed by atoms with van der Waals surface area (Å²) in [7, 11) is 1.66. The lowest BCUT2D eigenvalue weighted by atomic mass is 10.0. The molecule has 1 atom stereocenters. The Labute approximate surface area is 181 Å². The Morgan fingerprint density at radius 2 is 1.84 bits per heavy atom. The molecule has 1 saturated heterocycles. The van der Waals surface area contributed by atoms with Gasteiger partial charge in [0.15, 0.2) is 5.82 Å². The van der Waals surface area contributed by atoms with Gasteiger partial charge in [0.1, 0.15) is 11.8 Å². The molecule has 0 amide bonds. The van der Waals surface area contributed by atoms with Gasteiger partial charge in [0.25, 0.3) is 5.56 Å². The van der Waals surface area contributed by atoms with Crippen molar-refractivity contribution in [3.05, 3.63) is 46.0 Å². The first kappa shape index (κ1) is 20.2. The molecule has 2 aromatic heterocycles. The van der Waals surface area contributed by atoms with E-state index in [-0.39, 0.29) is 11.6 Å².